The lowest BCUT2D eigenvalue weighted by Crippen LogP contribution is -2.35. The van der Waals surface area contributed by atoms with Gasteiger partial charge in [-0.25, -0.2) is 0 Å². The van der Waals surface area contributed by atoms with Crippen molar-refractivity contribution in [3.05, 3.63) is 0 Å². The third-order valence-electron chi connectivity index (χ3n) is 4.46. The molecule has 4 amide bonds. The number of nitrogens with zero attached hydrogens (tertiary/aromatic N) is 2. The molecular formula is C16H24N2O4. The normalized spacial score (nSPS) is 23.1. The summed E-state index contributed by atoms with van der Waals surface area (Å²) >= 11 is 0. The molecule has 2 heterocycles. The lowest BCUT2D eigenvalue weighted by molar-refractivity contribution is -0.142. The van der Waals surface area contributed by atoms with E-state index in [0.717, 1.165) is 0 Å². The molecule has 2 saturated heterocycles. The molecule has 0 spiro atoms. The molecule has 2 rings (SSSR count). The van der Waals surface area contributed by atoms with Crippen LogP contribution in [0.1, 0.15) is 52.9 Å². The van der Waals surface area contributed by atoms with Crippen molar-refractivity contribution in [1.29, 1.82) is 0 Å². The van der Waals surface area contributed by atoms with Gasteiger partial charge in [-0.1, -0.05) is 20.8 Å². The van der Waals surface area contributed by atoms with Crippen LogP contribution in [-0.2, 0) is 19.2 Å². The van der Waals surface area contributed by atoms with Gasteiger partial charge in [0.2, 0.25) is 23.6 Å². The Morgan fingerprint density at radius 1 is 0.864 bits per heavy atom. The number of imide groups is 2. The topological polar surface area (TPSA) is 74.8 Å². The van der Waals surface area contributed by atoms with Gasteiger partial charge in [0.25, 0.3) is 0 Å². The van der Waals surface area contributed by atoms with E-state index in [9.17, 15) is 19.2 Å². The van der Waals surface area contributed by atoms with Crippen molar-refractivity contribution < 1.29 is 19.2 Å². The Bertz CT molecular complexity index is 491. The highest BCUT2D eigenvalue weighted by Gasteiger charge is 2.44. The molecule has 0 radical (unpaired) electrons. The van der Waals surface area contributed by atoms with E-state index in [0.29, 0.717) is 38.8 Å². The molecule has 2 fully saturated rings. The summed E-state index contributed by atoms with van der Waals surface area (Å²) in [6, 6.07) is 0. The van der Waals surface area contributed by atoms with Gasteiger partial charge in [-0.05, 0) is 18.3 Å². The quantitative estimate of drug-likeness (QED) is 0.567. The molecule has 0 aromatic heterocycles. The summed E-state index contributed by atoms with van der Waals surface area (Å²) in [6.45, 7) is 6.67. The second-order valence-electron chi connectivity index (χ2n) is 7.15. The molecule has 2 aliphatic rings. The Labute approximate surface area is 130 Å². The van der Waals surface area contributed by atoms with Crippen molar-refractivity contribution in [2.75, 3.05) is 13.1 Å². The molecule has 0 aromatic carbocycles. The highest BCUT2D eigenvalue weighted by molar-refractivity contribution is 6.04. The van der Waals surface area contributed by atoms with Gasteiger partial charge in [0.1, 0.15) is 0 Å². The molecule has 6 nitrogen and oxygen atoms in total. The average Bonchev–Trinajstić information content (AvgIpc) is 2.88. The summed E-state index contributed by atoms with van der Waals surface area (Å²) in [7, 11) is 0. The molecule has 2 aliphatic heterocycles. The van der Waals surface area contributed by atoms with Crippen LogP contribution in [0.25, 0.3) is 0 Å². The minimum atomic E-state index is -0.248. The first kappa shape index (κ1) is 16.6. The summed E-state index contributed by atoms with van der Waals surface area (Å²) < 4.78 is 0. The van der Waals surface area contributed by atoms with Gasteiger partial charge < -0.3 is 0 Å². The molecule has 122 valence electrons. The molecule has 0 aromatic rings. The van der Waals surface area contributed by atoms with Gasteiger partial charge >= 0.3 is 0 Å². The van der Waals surface area contributed by atoms with Crippen LogP contribution in [0.15, 0.2) is 0 Å². The minimum absolute atomic E-state index is 0.0918. The van der Waals surface area contributed by atoms with Crippen molar-refractivity contribution in [2.45, 2.75) is 52.9 Å². The smallest absolute Gasteiger partial charge is 0.233 e. The number of amides is 4. The van der Waals surface area contributed by atoms with Gasteiger partial charge in [-0.15, -0.1) is 0 Å². The van der Waals surface area contributed by atoms with Gasteiger partial charge in [0.15, 0.2) is 0 Å². The van der Waals surface area contributed by atoms with Crippen LogP contribution in [0, 0.1) is 11.3 Å². The maximum absolute atomic E-state index is 12.3. The zero-order valence-electron chi connectivity index (χ0n) is 13.6. The Balaban J connectivity index is 1.80. The molecule has 6 heteroatoms. The molecular weight excluding hydrogens is 284 g/mol. The third kappa shape index (κ3) is 3.36. The third-order valence-corrected chi connectivity index (χ3v) is 4.46. The molecule has 1 unspecified atom stereocenters. The molecule has 22 heavy (non-hydrogen) atoms. The predicted octanol–water partition coefficient (Wildman–Crippen LogP) is 1.34. The second kappa shape index (κ2) is 6.18. The van der Waals surface area contributed by atoms with Crippen molar-refractivity contribution in [2.24, 2.45) is 11.3 Å². The number of rotatable bonds is 5. The molecule has 0 N–H and O–H groups in total. The fourth-order valence-corrected chi connectivity index (χ4v) is 3.01. The van der Waals surface area contributed by atoms with E-state index in [1.165, 1.54) is 9.80 Å². The Hall–Kier alpha value is -1.72. The fraction of sp³-hybridized carbons (Fsp3) is 0.750. The SMILES string of the molecule is CC(C)(C)C1CC(=O)N(CCCCN2C(=O)CCC2=O)C1=O. The number of carbonyl (C=O) groups is 4. The first-order valence-corrected chi connectivity index (χ1v) is 7.89. The highest BCUT2D eigenvalue weighted by Crippen LogP contribution is 2.35. The first-order chi connectivity index (χ1) is 10.2. The molecule has 0 aliphatic carbocycles. The van der Waals surface area contributed by atoms with E-state index in [4.69, 9.17) is 0 Å². The second-order valence-corrected chi connectivity index (χ2v) is 7.15. The van der Waals surface area contributed by atoms with Crippen LogP contribution in [0.2, 0.25) is 0 Å². The Kier molecular flexibility index (Phi) is 4.68. The molecule has 1 atom stereocenters. The van der Waals surface area contributed by atoms with E-state index in [1.807, 2.05) is 20.8 Å². The average molecular weight is 308 g/mol. The Morgan fingerprint density at radius 2 is 1.36 bits per heavy atom. The monoisotopic (exact) mass is 308 g/mol. The summed E-state index contributed by atoms with van der Waals surface area (Å²) in [5.41, 5.74) is -0.212. The maximum atomic E-state index is 12.3. The summed E-state index contributed by atoms with van der Waals surface area (Å²) in [6.07, 6.45) is 2.12. The zero-order chi connectivity index (χ0) is 16.5. The van der Waals surface area contributed by atoms with E-state index in [2.05, 4.69) is 0 Å². The van der Waals surface area contributed by atoms with Crippen molar-refractivity contribution >= 4 is 23.6 Å². The molecule has 0 saturated carbocycles. The van der Waals surface area contributed by atoms with Crippen LogP contribution >= 0.6 is 0 Å². The number of likely N-dealkylation sites (tertiary alicyclic amines) is 2. The predicted molar refractivity (Wildman–Crippen MR) is 79.5 cm³/mol. The first-order valence-electron chi connectivity index (χ1n) is 7.89. The van der Waals surface area contributed by atoms with Crippen LogP contribution in [0.5, 0.6) is 0 Å². The Morgan fingerprint density at radius 3 is 1.82 bits per heavy atom. The fourth-order valence-electron chi connectivity index (χ4n) is 3.01. The minimum Gasteiger partial charge on any atom is -0.283 e. The lowest BCUT2D eigenvalue weighted by Gasteiger charge is -2.25. The van der Waals surface area contributed by atoms with Gasteiger partial charge in [0.05, 0.1) is 5.92 Å². The highest BCUT2D eigenvalue weighted by atomic mass is 16.2. The van der Waals surface area contributed by atoms with Gasteiger partial charge in [0, 0.05) is 32.4 Å². The maximum Gasteiger partial charge on any atom is 0.233 e. The number of carbonyl (C=O) groups excluding carboxylic acids is 4. The van der Waals surface area contributed by atoms with E-state index < -0.39 is 0 Å². The van der Waals surface area contributed by atoms with Crippen molar-refractivity contribution in [3.8, 4) is 0 Å². The van der Waals surface area contributed by atoms with Gasteiger partial charge in [-0.2, -0.15) is 0 Å². The molecule has 0 bridgehead atoms. The summed E-state index contributed by atoms with van der Waals surface area (Å²) in [5.74, 6) is -0.692. The lowest BCUT2D eigenvalue weighted by atomic mass is 9.80. The standard InChI is InChI=1S/C16H24N2O4/c1-16(2,3)11-10-14(21)18(15(11)22)9-5-4-8-17-12(19)6-7-13(17)20/h11H,4-10H2,1-3H3. The number of hydrogen-bond acceptors (Lipinski definition) is 4. The zero-order valence-corrected chi connectivity index (χ0v) is 13.6. The van der Waals surface area contributed by atoms with Crippen molar-refractivity contribution in [1.82, 2.24) is 9.80 Å². The van der Waals surface area contributed by atoms with E-state index in [1.54, 1.807) is 0 Å². The summed E-state index contributed by atoms with van der Waals surface area (Å²) in [5, 5.41) is 0. The largest absolute Gasteiger partial charge is 0.283 e. The van der Waals surface area contributed by atoms with E-state index in [-0.39, 0.29) is 41.4 Å². The number of unbranched alkanes of at least 4 members (excludes halogenated alkanes) is 1. The van der Waals surface area contributed by atoms with Gasteiger partial charge in [-0.3, -0.25) is 29.0 Å². The summed E-state index contributed by atoms with van der Waals surface area (Å²) in [4.78, 5) is 49.9. The van der Waals surface area contributed by atoms with E-state index >= 15 is 0 Å². The number of hydrogen-bond donors (Lipinski definition) is 0. The van der Waals surface area contributed by atoms with Crippen LogP contribution < -0.4 is 0 Å². The van der Waals surface area contributed by atoms with Crippen LogP contribution in [-0.4, -0.2) is 46.5 Å². The van der Waals surface area contributed by atoms with Crippen molar-refractivity contribution in [3.63, 3.8) is 0 Å². The van der Waals surface area contributed by atoms with Crippen LogP contribution in [0.3, 0.4) is 0 Å². The van der Waals surface area contributed by atoms with Crippen LogP contribution in [0.4, 0.5) is 0 Å².